The van der Waals surface area contributed by atoms with Gasteiger partial charge in [0.05, 0.1) is 5.52 Å². The molecule has 2 rings (SSSR count). The minimum absolute atomic E-state index is 0.0115. The molecule has 0 bridgehead atoms. The van der Waals surface area contributed by atoms with Crippen molar-refractivity contribution < 1.29 is 8.78 Å². The fourth-order valence-corrected chi connectivity index (χ4v) is 2.23. The molecule has 0 atom stereocenters. The Kier molecular flexibility index (Phi) is 4.45. The summed E-state index contributed by atoms with van der Waals surface area (Å²) in [6, 6.07) is 7.32. The molecule has 0 unspecified atom stereocenters. The third kappa shape index (κ3) is 3.49. The third-order valence-electron chi connectivity index (χ3n) is 3.48. The fraction of sp³-hybridized carbons (Fsp3) is 0.471. The summed E-state index contributed by atoms with van der Waals surface area (Å²) in [5.41, 5.74) is 2.35. The van der Waals surface area contributed by atoms with Gasteiger partial charge in [0.1, 0.15) is 5.69 Å². The molecule has 2 aromatic rings. The number of pyridine rings is 1. The Labute approximate surface area is 124 Å². The van der Waals surface area contributed by atoms with Crippen LogP contribution in [-0.2, 0) is 5.41 Å². The number of benzene rings is 1. The number of hydrogen-bond acceptors (Lipinski definition) is 2. The Hall–Kier alpha value is -1.71. The maximum Gasteiger partial charge on any atom is 0.280 e. The first kappa shape index (κ1) is 15.7. The zero-order valence-electron chi connectivity index (χ0n) is 13.0. The number of alkyl halides is 2. The molecule has 0 fully saturated rings. The summed E-state index contributed by atoms with van der Waals surface area (Å²) in [6.07, 6.45) is -1.62. The Bertz CT molecular complexity index is 630. The molecule has 0 aliphatic rings. The summed E-state index contributed by atoms with van der Waals surface area (Å²) in [7, 11) is 0. The summed E-state index contributed by atoms with van der Waals surface area (Å²) in [6.45, 7) is 9.20. The molecule has 4 heteroatoms. The van der Waals surface area contributed by atoms with E-state index in [0.717, 1.165) is 24.0 Å². The summed E-state index contributed by atoms with van der Waals surface area (Å²) in [5, 5.41) is 4.14. The van der Waals surface area contributed by atoms with Gasteiger partial charge in [0, 0.05) is 17.6 Å². The van der Waals surface area contributed by atoms with E-state index >= 15 is 0 Å². The van der Waals surface area contributed by atoms with Gasteiger partial charge in [-0.3, -0.25) is 0 Å². The van der Waals surface area contributed by atoms with Crippen LogP contribution in [0.3, 0.4) is 0 Å². The summed E-state index contributed by atoms with van der Waals surface area (Å²) in [5.74, 6) is 0. The molecule has 0 saturated carbocycles. The highest BCUT2D eigenvalue weighted by atomic mass is 19.3. The average Bonchev–Trinajstić information content (AvgIpc) is 2.42. The van der Waals surface area contributed by atoms with Gasteiger partial charge in [-0.2, -0.15) is 0 Å². The molecule has 0 aliphatic carbocycles. The van der Waals surface area contributed by atoms with E-state index in [1.807, 2.05) is 19.1 Å². The first-order chi connectivity index (χ1) is 9.82. The van der Waals surface area contributed by atoms with Crippen molar-refractivity contribution in [1.29, 1.82) is 0 Å². The quantitative estimate of drug-likeness (QED) is 0.828. The van der Waals surface area contributed by atoms with Gasteiger partial charge >= 0.3 is 0 Å². The molecule has 0 radical (unpaired) electrons. The van der Waals surface area contributed by atoms with Crippen LogP contribution < -0.4 is 5.32 Å². The van der Waals surface area contributed by atoms with Gasteiger partial charge in [0.15, 0.2) is 0 Å². The predicted molar refractivity (Wildman–Crippen MR) is 84.2 cm³/mol. The van der Waals surface area contributed by atoms with E-state index in [4.69, 9.17) is 0 Å². The normalized spacial score (nSPS) is 12.1. The van der Waals surface area contributed by atoms with E-state index in [1.165, 1.54) is 11.6 Å². The molecular formula is C17H22F2N2. The minimum Gasteiger partial charge on any atom is -0.384 e. The smallest absolute Gasteiger partial charge is 0.280 e. The molecule has 114 valence electrons. The summed E-state index contributed by atoms with van der Waals surface area (Å²) >= 11 is 0. The van der Waals surface area contributed by atoms with Crippen LogP contribution in [0.15, 0.2) is 24.3 Å². The van der Waals surface area contributed by atoms with Gasteiger partial charge in [-0.05, 0) is 35.6 Å². The molecule has 1 heterocycles. The van der Waals surface area contributed by atoms with E-state index in [-0.39, 0.29) is 11.1 Å². The van der Waals surface area contributed by atoms with Gasteiger partial charge in [-0.25, -0.2) is 13.8 Å². The van der Waals surface area contributed by atoms with Crippen LogP contribution >= 0.6 is 0 Å². The van der Waals surface area contributed by atoms with Crippen LogP contribution in [0.1, 0.15) is 51.8 Å². The monoisotopic (exact) mass is 292 g/mol. The lowest BCUT2D eigenvalue weighted by atomic mass is 9.86. The van der Waals surface area contributed by atoms with Crippen molar-refractivity contribution in [2.24, 2.45) is 0 Å². The topological polar surface area (TPSA) is 24.9 Å². The average molecular weight is 292 g/mol. The van der Waals surface area contributed by atoms with Crippen molar-refractivity contribution in [2.45, 2.75) is 46.0 Å². The number of nitrogens with one attached hydrogen (secondary N) is 1. The number of rotatable bonds is 4. The highest BCUT2D eigenvalue weighted by molar-refractivity contribution is 5.92. The van der Waals surface area contributed by atoms with Crippen molar-refractivity contribution >= 4 is 16.6 Å². The van der Waals surface area contributed by atoms with Crippen molar-refractivity contribution in [3.63, 3.8) is 0 Å². The van der Waals surface area contributed by atoms with Crippen LogP contribution in [0.5, 0.6) is 0 Å². The third-order valence-corrected chi connectivity index (χ3v) is 3.48. The SMILES string of the molecule is CCCNc1cc(C(F)F)nc2ccc(C(C)(C)C)cc12. The molecule has 0 aliphatic heterocycles. The zero-order valence-corrected chi connectivity index (χ0v) is 13.0. The van der Waals surface area contributed by atoms with Crippen molar-refractivity contribution in [1.82, 2.24) is 4.98 Å². The van der Waals surface area contributed by atoms with Crippen LogP contribution in [0, 0.1) is 0 Å². The van der Waals surface area contributed by atoms with Crippen LogP contribution in [0.25, 0.3) is 10.9 Å². The van der Waals surface area contributed by atoms with Crippen molar-refractivity contribution in [3.8, 4) is 0 Å². The Morgan fingerprint density at radius 1 is 1.19 bits per heavy atom. The van der Waals surface area contributed by atoms with E-state index in [1.54, 1.807) is 0 Å². The minimum atomic E-state index is -2.56. The maximum absolute atomic E-state index is 13.0. The second-order valence-electron chi connectivity index (χ2n) is 6.30. The molecule has 0 amide bonds. The van der Waals surface area contributed by atoms with E-state index < -0.39 is 6.43 Å². The second kappa shape index (κ2) is 5.96. The summed E-state index contributed by atoms with van der Waals surface area (Å²) < 4.78 is 26.0. The van der Waals surface area contributed by atoms with Gasteiger partial charge in [-0.1, -0.05) is 33.8 Å². The molecule has 21 heavy (non-hydrogen) atoms. The molecule has 1 aromatic heterocycles. The van der Waals surface area contributed by atoms with E-state index in [0.29, 0.717) is 5.52 Å². The molecule has 1 N–H and O–H groups in total. The molecule has 2 nitrogen and oxygen atoms in total. The zero-order chi connectivity index (χ0) is 15.6. The lowest BCUT2D eigenvalue weighted by molar-refractivity contribution is 0.146. The molecule has 1 aromatic carbocycles. The van der Waals surface area contributed by atoms with Crippen LogP contribution in [0.2, 0.25) is 0 Å². The van der Waals surface area contributed by atoms with Gasteiger partial charge in [0.25, 0.3) is 6.43 Å². The van der Waals surface area contributed by atoms with E-state index in [9.17, 15) is 8.78 Å². The molecule has 0 spiro atoms. The Balaban J connectivity index is 2.61. The number of aromatic nitrogens is 1. The standard InChI is InChI=1S/C17H22F2N2/c1-5-8-20-14-10-15(16(18)19)21-13-7-6-11(9-12(13)14)17(2,3)4/h6-7,9-10,16H,5,8H2,1-4H3,(H,20,21). The fourth-order valence-electron chi connectivity index (χ4n) is 2.23. The van der Waals surface area contributed by atoms with Crippen molar-refractivity contribution in [3.05, 3.63) is 35.5 Å². The first-order valence-corrected chi connectivity index (χ1v) is 7.30. The predicted octanol–water partition coefficient (Wildman–Crippen LogP) is 5.29. The second-order valence-corrected chi connectivity index (χ2v) is 6.30. The Morgan fingerprint density at radius 2 is 1.90 bits per heavy atom. The van der Waals surface area contributed by atoms with E-state index in [2.05, 4.69) is 37.1 Å². The first-order valence-electron chi connectivity index (χ1n) is 7.30. The number of hydrogen-bond donors (Lipinski definition) is 1. The van der Waals surface area contributed by atoms with Gasteiger partial charge < -0.3 is 5.32 Å². The van der Waals surface area contributed by atoms with Gasteiger partial charge in [0.2, 0.25) is 0 Å². The van der Waals surface area contributed by atoms with Crippen LogP contribution in [-0.4, -0.2) is 11.5 Å². The number of nitrogens with zero attached hydrogens (tertiary/aromatic N) is 1. The number of anilines is 1. The largest absolute Gasteiger partial charge is 0.384 e. The number of fused-ring (bicyclic) bond motifs is 1. The highest BCUT2D eigenvalue weighted by Crippen LogP contribution is 2.31. The Morgan fingerprint density at radius 3 is 2.48 bits per heavy atom. The maximum atomic E-state index is 13.0. The van der Waals surface area contributed by atoms with Gasteiger partial charge in [-0.15, -0.1) is 0 Å². The molecule has 0 saturated heterocycles. The van der Waals surface area contributed by atoms with Crippen LogP contribution in [0.4, 0.5) is 14.5 Å². The lowest BCUT2D eigenvalue weighted by Gasteiger charge is -2.20. The summed E-state index contributed by atoms with van der Waals surface area (Å²) in [4.78, 5) is 4.08. The highest BCUT2D eigenvalue weighted by Gasteiger charge is 2.17. The number of halogens is 2. The lowest BCUT2D eigenvalue weighted by Crippen LogP contribution is -2.11. The van der Waals surface area contributed by atoms with Crippen molar-refractivity contribution in [2.75, 3.05) is 11.9 Å². The molecular weight excluding hydrogens is 270 g/mol.